The van der Waals surface area contributed by atoms with Gasteiger partial charge in [0.15, 0.2) is 0 Å². The van der Waals surface area contributed by atoms with Crippen LogP contribution in [-0.4, -0.2) is 10.0 Å². The first-order valence-corrected chi connectivity index (χ1v) is 6.66. The highest BCUT2D eigenvalue weighted by Crippen LogP contribution is 2.29. The number of nitrogens with one attached hydrogen (secondary N) is 1. The Morgan fingerprint density at radius 3 is 2.43 bits per heavy atom. The topological polar surface area (TPSA) is 75.4 Å². The van der Waals surface area contributed by atoms with Crippen LogP contribution in [0.3, 0.4) is 0 Å². The van der Waals surface area contributed by atoms with Gasteiger partial charge in [0.1, 0.15) is 11.4 Å². The van der Waals surface area contributed by atoms with Crippen molar-refractivity contribution in [3.8, 4) is 5.75 Å². The number of nitro benzene ring substituents is 1. The van der Waals surface area contributed by atoms with E-state index >= 15 is 0 Å². The first-order valence-electron chi connectivity index (χ1n) is 6.66. The number of nitrogens with zero attached hydrogens (tertiary/aromatic N) is 1. The Morgan fingerprint density at radius 2 is 1.76 bits per heavy atom. The van der Waals surface area contributed by atoms with Crippen molar-refractivity contribution in [1.82, 2.24) is 0 Å². The lowest BCUT2D eigenvalue weighted by atomic mass is 10.0. The molecule has 2 aromatic carbocycles. The van der Waals surface area contributed by atoms with E-state index in [1.54, 1.807) is 0 Å². The van der Waals surface area contributed by atoms with E-state index in [1.165, 1.54) is 23.3 Å². The van der Waals surface area contributed by atoms with Crippen molar-refractivity contribution in [2.75, 3.05) is 5.32 Å². The fraction of sp³-hybridized carbons (Fsp3) is 0.250. The maximum atomic E-state index is 11.0. The van der Waals surface area contributed by atoms with Gasteiger partial charge in [0.2, 0.25) is 0 Å². The lowest BCUT2D eigenvalue weighted by Crippen LogP contribution is -2.04. The molecule has 5 nitrogen and oxygen atoms in total. The summed E-state index contributed by atoms with van der Waals surface area (Å²) in [6.07, 6.45) is 0. The van der Waals surface area contributed by atoms with Crippen LogP contribution < -0.4 is 5.32 Å². The second-order valence-corrected chi connectivity index (χ2v) is 5.18. The molecule has 0 amide bonds. The molecule has 2 rings (SSSR count). The molecule has 0 aliphatic rings. The lowest BCUT2D eigenvalue weighted by molar-refractivity contribution is -0.384. The van der Waals surface area contributed by atoms with Crippen LogP contribution in [0.4, 0.5) is 11.4 Å². The average molecular weight is 286 g/mol. The Hall–Kier alpha value is -2.56. The van der Waals surface area contributed by atoms with Crippen LogP contribution in [0, 0.1) is 30.9 Å². The van der Waals surface area contributed by atoms with Gasteiger partial charge in [-0.3, -0.25) is 10.1 Å². The molecule has 2 N–H and O–H groups in total. The number of aryl methyl sites for hydroxylation is 3. The predicted octanol–water partition coefficient (Wildman–Crippen LogP) is 3.84. The van der Waals surface area contributed by atoms with Crippen LogP contribution in [0.2, 0.25) is 0 Å². The summed E-state index contributed by atoms with van der Waals surface area (Å²) < 4.78 is 0. The quantitative estimate of drug-likeness (QED) is 0.508. The molecule has 0 saturated heterocycles. The molecule has 0 fully saturated rings. The molecule has 5 heteroatoms. The largest absolute Gasteiger partial charge is 0.508 e. The second kappa shape index (κ2) is 5.83. The Bertz CT molecular complexity index is 696. The molecule has 0 spiro atoms. The number of hydrogen-bond donors (Lipinski definition) is 2. The smallest absolute Gasteiger partial charge is 0.296 e. The number of phenols is 1. The molecular weight excluding hydrogens is 268 g/mol. The van der Waals surface area contributed by atoms with Gasteiger partial charge < -0.3 is 10.4 Å². The first kappa shape index (κ1) is 14.8. The molecule has 0 radical (unpaired) electrons. The summed E-state index contributed by atoms with van der Waals surface area (Å²) in [4.78, 5) is 10.5. The summed E-state index contributed by atoms with van der Waals surface area (Å²) in [7, 11) is 0. The Labute approximate surface area is 123 Å². The van der Waals surface area contributed by atoms with Gasteiger partial charge in [-0.15, -0.1) is 0 Å². The third kappa shape index (κ3) is 3.31. The van der Waals surface area contributed by atoms with Crippen molar-refractivity contribution < 1.29 is 10.0 Å². The number of aromatic hydroxyl groups is 1. The van der Waals surface area contributed by atoms with Crippen molar-refractivity contribution in [3.63, 3.8) is 0 Å². The molecule has 0 atom stereocenters. The number of rotatable bonds is 4. The Kier molecular flexibility index (Phi) is 4.12. The fourth-order valence-electron chi connectivity index (χ4n) is 2.22. The molecule has 0 saturated carbocycles. The molecule has 21 heavy (non-hydrogen) atoms. The summed E-state index contributed by atoms with van der Waals surface area (Å²) in [5.41, 5.74) is 4.93. The standard InChI is InChI=1S/C16H18N2O3/c1-10-6-12(3)13(7-11(10)2)9-17-15-5-4-14(19)8-16(15)18(20)21/h4-8,17,19H,9H2,1-3H3. The van der Waals surface area contributed by atoms with Gasteiger partial charge >= 0.3 is 0 Å². The predicted molar refractivity (Wildman–Crippen MR) is 82.7 cm³/mol. The second-order valence-electron chi connectivity index (χ2n) is 5.18. The Balaban J connectivity index is 2.25. The van der Waals surface area contributed by atoms with E-state index in [0.717, 1.165) is 17.2 Å². The third-order valence-electron chi connectivity index (χ3n) is 3.60. The molecule has 0 aliphatic carbocycles. The van der Waals surface area contributed by atoms with Crippen molar-refractivity contribution in [1.29, 1.82) is 0 Å². The molecule has 0 heterocycles. The average Bonchev–Trinajstić information content (AvgIpc) is 2.42. The number of hydrogen-bond acceptors (Lipinski definition) is 4. The van der Waals surface area contributed by atoms with Gasteiger partial charge in [-0.25, -0.2) is 0 Å². The Morgan fingerprint density at radius 1 is 1.10 bits per heavy atom. The normalized spacial score (nSPS) is 10.4. The summed E-state index contributed by atoms with van der Waals surface area (Å²) in [6, 6.07) is 8.30. The molecule has 0 bridgehead atoms. The number of anilines is 1. The van der Waals surface area contributed by atoms with E-state index in [2.05, 4.69) is 24.4 Å². The summed E-state index contributed by atoms with van der Waals surface area (Å²) in [6.45, 7) is 6.62. The monoisotopic (exact) mass is 286 g/mol. The fourth-order valence-corrected chi connectivity index (χ4v) is 2.22. The highest BCUT2D eigenvalue weighted by atomic mass is 16.6. The number of benzene rings is 2. The molecule has 2 aromatic rings. The van der Waals surface area contributed by atoms with Crippen molar-refractivity contribution in [3.05, 3.63) is 62.7 Å². The maximum Gasteiger partial charge on any atom is 0.296 e. The zero-order chi connectivity index (χ0) is 15.6. The van der Waals surface area contributed by atoms with E-state index in [4.69, 9.17) is 0 Å². The number of phenolic OH excluding ortho intramolecular Hbond substituents is 1. The minimum Gasteiger partial charge on any atom is -0.508 e. The van der Waals surface area contributed by atoms with Crippen LogP contribution in [0.15, 0.2) is 30.3 Å². The van der Waals surface area contributed by atoms with Crippen molar-refractivity contribution in [2.24, 2.45) is 0 Å². The van der Waals surface area contributed by atoms with Gasteiger partial charge in [0.05, 0.1) is 11.0 Å². The van der Waals surface area contributed by atoms with E-state index < -0.39 is 4.92 Å². The first-order chi connectivity index (χ1) is 9.88. The van der Waals surface area contributed by atoms with Crippen LogP contribution in [0.25, 0.3) is 0 Å². The summed E-state index contributed by atoms with van der Waals surface area (Å²) in [5, 5.41) is 23.4. The zero-order valence-electron chi connectivity index (χ0n) is 12.3. The molecular formula is C16H18N2O3. The van der Waals surface area contributed by atoms with Gasteiger partial charge in [0.25, 0.3) is 5.69 Å². The molecule has 110 valence electrons. The molecule has 0 unspecified atom stereocenters. The minimum atomic E-state index is -0.505. The molecule has 0 aliphatic heterocycles. The van der Waals surface area contributed by atoms with Crippen molar-refractivity contribution >= 4 is 11.4 Å². The SMILES string of the molecule is Cc1cc(C)c(CNc2ccc(O)cc2[N+](=O)[O-])cc1C. The lowest BCUT2D eigenvalue weighted by Gasteiger charge is -2.12. The van der Waals surface area contributed by atoms with Gasteiger partial charge in [-0.05, 0) is 55.2 Å². The van der Waals surface area contributed by atoms with E-state index in [9.17, 15) is 15.2 Å². The van der Waals surface area contributed by atoms with Gasteiger partial charge in [-0.1, -0.05) is 12.1 Å². The van der Waals surface area contributed by atoms with Crippen LogP contribution in [0.5, 0.6) is 5.75 Å². The van der Waals surface area contributed by atoms with Crippen LogP contribution >= 0.6 is 0 Å². The molecule has 0 aromatic heterocycles. The van der Waals surface area contributed by atoms with E-state index in [1.807, 2.05) is 13.8 Å². The third-order valence-corrected chi connectivity index (χ3v) is 3.60. The van der Waals surface area contributed by atoms with Crippen molar-refractivity contribution in [2.45, 2.75) is 27.3 Å². The van der Waals surface area contributed by atoms with Crippen LogP contribution in [0.1, 0.15) is 22.3 Å². The minimum absolute atomic E-state index is 0.116. The van der Waals surface area contributed by atoms with Gasteiger partial charge in [-0.2, -0.15) is 0 Å². The zero-order valence-corrected chi connectivity index (χ0v) is 12.3. The highest BCUT2D eigenvalue weighted by Gasteiger charge is 2.14. The highest BCUT2D eigenvalue weighted by molar-refractivity contribution is 5.63. The van der Waals surface area contributed by atoms with Gasteiger partial charge in [0, 0.05) is 6.54 Å². The maximum absolute atomic E-state index is 11.0. The van der Waals surface area contributed by atoms with E-state index in [-0.39, 0.29) is 11.4 Å². The van der Waals surface area contributed by atoms with Crippen LogP contribution in [-0.2, 0) is 6.54 Å². The van der Waals surface area contributed by atoms with E-state index in [0.29, 0.717) is 12.2 Å². The summed E-state index contributed by atoms with van der Waals surface area (Å²) in [5.74, 6) is -0.116. The summed E-state index contributed by atoms with van der Waals surface area (Å²) >= 11 is 0. The number of nitro groups is 1.